The molecule has 0 aromatic carbocycles. The number of aliphatic imine (C=N–C) groups is 1. The lowest BCUT2D eigenvalue weighted by atomic mass is 10.7. The fourth-order valence-corrected chi connectivity index (χ4v) is 0.651. The SMILES string of the molecule is Cc1ncc(/N=C/N(C)C)[nH]1. The van der Waals surface area contributed by atoms with Crippen molar-refractivity contribution in [3.63, 3.8) is 0 Å². The molecule has 1 aromatic heterocycles. The Morgan fingerprint density at radius 3 is 2.82 bits per heavy atom. The van der Waals surface area contributed by atoms with Gasteiger partial charge in [-0.2, -0.15) is 0 Å². The summed E-state index contributed by atoms with van der Waals surface area (Å²) in [4.78, 5) is 13.0. The zero-order valence-electron chi connectivity index (χ0n) is 7.00. The van der Waals surface area contributed by atoms with E-state index >= 15 is 0 Å². The number of rotatable bonds is 2. The number of H-pyrrole nitrogens is 1. The van der Waals surface area contributed by atoms with Gasteiger partial charge < -0.3 is 9.88 Å². The van der Waals surface area contributed by atoms with E-state index in [1.807, 2.05) is 25.9 Å². The lowest BCUT2D eigenvalue weighted by molar-refractivity contribution is 0.643. The molecule has 0 unspecified atom stereocenters. The maximum absolute atomic E-state index is 4.11. The van der Waals surface area contributed by atoms with Crippen molar-refractivity contribution in [1.29, 1.82) is 0 Å². The van der Waals surface area contributed by atoms with Gasteiger partial charge in [-0.15, -0.1) is 0 Å². The third-order valence-electron chi connectivity index (χ3n) is 1.12. The number of imidazole rings is 1. The monoisotopic (exact) mass is 152 g/mol. The Hall–Kier alpha value is -1.32. The Bertz CT molecular complexity index is 249. The van der Waals surface area contributed by atoms with Crippen LogP contribution in [0.5, 0.6) is 0 Å². The lowest BCUT2D eigenvalue weighted by Crippen LogP contribution is -2.06. The third-order valence-corrected chi connectivity index (χ3v) is 1.12. The van der Waals surface area contributed by atoms with Gasteiger partial charge in [0.2, 0.25) is 0 Å². The van der Waals surface area contributed by atoms with Crippen molar-refractivity contribution in [2.24, 2.45) is 4.99 Å². The second kappa shape index (κ2) is 3.18. The summed E-state index contributed by atoms with van der Waals surface area (Å²) in [5.41, 5.74) is 0. The van der Waals surface area contributed by atoms with Gasteiger partial charge in [-0.25, -0.2) is 9.98 Å². The first-order valence-corrected chi connectivity index (χ1v) is 3.40. The average Bonchev–Trinajstić information content (AvgIpc) is 2.31. The predicted octanol–water partition coefficient (Wildman–Crippen LogP) is 0.940. The molecule has 1 aromatic rings. The summed E-state index contributed by atoms with van der Waals surface area (Å²) in [6, 6.07) is 0. The summed E-state index contributed by atoms with van der Waals surface area (Å²) in [7, 11) is 3.85. The van der Waals surface area contributed by atoms with Crippen molar-refractivity contribution in [2.45, 2.75) is 6.92 Å². The largest absolute Gasteiger partial charge is 0.369 e. The highest BCUT2D eigenvalue weighted by molar-refractivity contribution is 5.58. The van der Waals surface area contributed by atoms with Gasteiger partial charge in [0.25, 0.3) is 0 Å². The molecule has 0 aliphatic rings. The van der Waals surface area contributed by atoms with Crippen LogP contribution in [0.2, 0.25) is 0 Å². The highest BCUT2D eigenvalue weighted by Gasteiger charge is 1.90. The molecule has 60 valence electrons. The van der Waals surface area contributed by atoms with E-state index in [2.05, 4.69) is 15.0 Å². The molecule has 0 amide bonds. The van der Waals surface area contributed by atoms with Crippen LogP contribution >= 0.6 is 0 Å². The first-order valence-electron chi connectivity index (χ1n) is 3.40. The van der Waals surface area contributed by atoms with E-state index in [1.165, 1.54) is 0 Å². The molecule has 0 bridgehead atoms. The highest BCUT2D eigenvalue weighted by Crippen LogP contribution is 2.04. The Kier molecular flexibility index (Phi) is 2.25. The Morgan fingerprint density at radius 1 is 1.64 bits per heavy atom. The first-order chi connectivity index (χ1) is 5.18. The van der Waals surface area contributed by atoms with E-state index in [-0.39, 0.29) is 0 Å². The van der Waals surface area contributed by atoms with E-state index in [0.29, 0.717) is 0 Å². The standard InChI is InChI=1S/C7H12N4/c1-6-8-4-7(10-6)9-5-11(2)3/h4-5H,1-3H3,(H,8,10)/b9-5+. The highest BCUT2D eigenvalue weighted by atomic mass is 15.1. The van der Waals surface area contributed by atoms with Crippen LogP contribution in [0.4, 0.5) is 5.82 Å². The molecule has 11 heavy (non-hydrogen) atoms. The van der Waals surface area contributed by atoms with Crippen LogP contribution in [0.3, 0.4) is 0 Å². The van der Waals surface area contributed by atoms with Gasteiger partial charge in [-0.3, -0.25) is 0 Å². The normalized spacial score (nSPS) is 10.8. The van der Waals surface area contributed by atoms with Crippen LogP contribution in [0.1, 0.15) is 5.82 Å². The zero-order chi connectivity index (χ0) is 8.27. The molecule has 0 aliphatic carbocycles. The smallest absolute Gasteiger partial charge is 0.151 e. The summed E-state index contributed by atoms with van der Waals surface area (Å²) in [5, 5.41) is 0. The van der Waals surface area contributed by atoms with E-state index in [1.54, 1.807) is 12.5 Å². The van der Waals surface area contributed by atoms with Gasteiger partial charge in [0.15, 0.2) is 5.82 Å². The minimum Gasteiger partial charge on any atom is -0.369 e. The Morgan fingerprint density at radius 2 is 2.36 bits per heavy atom. The van der Waals surface area contributed by atoms with Gasteiger partial charge in [-0.1, -0.05) is 0 Å². The Labute approximate surface area is 66.0 Å². The molecule has 0 fully saturated rings. The molecule has 0 spiro atoms. The molecule has 1 N–H and O–H groups in total. The summed E-state index contributed by atoms with van der Waals surface area (Å²) in [6.07, 6.45) is 3.43. The van der Waals surface area contributed by atoms with Crippen molar-refractivity contribution >= 4 is 12.2 Å². The van der Waals surface area contributed by atoms with E-state index in [9.17, 15) is 0 Å². The Balaban J connectivity index is 2.64. The van der Waals surface area contributed by atoms with E-state index < -0.39 is 0 Å². The van der Waals surface area contributed by atoms with Gasteiger partial charge >= 0.3 is 0 Å². The molecule has 1 heterocycles. The van der Waals surface area contributed by atoms with Gasteiger partial charge in [0, 0.05) is 14.1 Å². The molecular formula is C7H12N4. The van der Waals surface area contributed by atoms with Crippen LogP contribution < -0.4 is 0 Å². The van der Waals surface area contributed by atoms with E-state index in [4.69, 9.17) is 0 Å². The quantitative estimate of drug-likeness (QED) is 0.506. The number of nitrogens with one attached hydrogen (secondary N) is 1. The predicted molar refractivity (Wildman–Crippen MR) is 45.2 cm³/mol. The summed E-state index contributed by atoms with van der Waals surface area (Å²) < 4.78 is 0. The maximum Gasteiger partial charge on any atom is 0.151 e. The van der Waals surface area contributed by atoms with Crippen LogP contribution in [0, 0.1) is 6.92 Å². The lowest BCUT2D eigenvalue weighted by Gasteiger charge is -2.00. The molecule has 4 nitrogen and oxygen atoms in total. The number of aryl methyl sites for hydroxylation is 1. The molecule has 1 rings (SSSR count). The van der Waals surface area contributed by atoms with Crippen LogP contribution in [0.25, 0.3) is 0 Å². The molecular weight excluding hydrogens is 140 g/mol. The molecule has 0 radical (unpaired) electrons. The van der Waals surface area contributed by atoms with E-state index in [0.717, 1.165) is 11.6 Å². The zero-order valence-corrected chi connectivity index (χ0v) is 7.00. The summed E-state index contributed by atoms with van der Waals surface area (Å²) >= 11 is 0. The molecule has 0 saturated heterocycles. The molecule has 0 saturated carbocycles. The van der Waals surface area contributed by atoms with Crippen molar-refractivity contribution in [3.05, 3.63) is 12.0 Å². The number of aromatic nitrogens is 2. The second-order valence-electron chi connectivity index (χ2n) is 2.56. The van der Waals surface area contributed by atoms with Crippen molar-refractivity contribution in [3.8, 4) is 0 Å². The third kappa shape index (κ3) is 2.41. The molecule has 0 aliphatic heterocycles. The number of hydrogen-bond acceptors (Lipinski definition) is 2. The first kappa shape index (κ1) is 7.78. The van der Waals surface area contributed by atoms with Crippen LogP contribution in [0.15, 0.2) is 11.2 Å². The number of hydrogen-bond donors (Lipinski definition) is 1. The minimum absolute atomic E-state index is 0.788. The average molecular weight is 152 g/mol. The van der Waals surface area contributed by atoms with Crippen LogP contribution in [-0.2, 0) is 0 Å². The molecule has 0 atom stereocenters. The fourth-order valence-electron chi connectivity index (χ4n) is 0.651. The maximum atomic E-state index is 4.11. The van der Waals surface area contributed by atoms with Crippen LogP contribution in [-0.4, -0.2) is 35.3 Å². The van der Waals surface area contributed by atoms with Crippen molar-refractivity contribution in [2.75, 3.05) is 14.1 Å². The number of nitrogens with zero attached hydrogens (tertiary/aromatic N) is 3. The van der Waals surface area contributed by atoms with Gasteiger partial charge in [0.1, 0.15) is 5.82 Å². The summed E-state index contributed by atoms with van der Waals surface area (Å²) in [5.74, 6) is 1.67. The van der Waals surface area contributed by atoms with Crippen molar-refractivity contribution < 1.29 is 0 Å². The second-order valence-corrected chi connectivity index (χ2v) is 2.56. The topological polar surface area (TPSA) is 44.3 Å². The van der Waals surface area contributed by atoms with Gasteiger partial charge in [-0.05, 0) is 6.92 Å². The van der Waals surface area contributed by atoms with Crippen molar-refractivity contribution in [1.82, 2.24) is 14.9 Å². The fraction of sp³-hybridized carbons (Fsp3) is 0.429. The minimum atomic E-state index is 0.788. The molecule has 4 heteroatoms. The number of aromatic amines is 1. The van der Waals surface area contributed by atoms with Gasteiger partial charge in [0.05, 0.1) is 12.5 Å². The summed E-state index contributed by atoms with van der Waals surface area (Å²) in [6.45, 7) is 1.90.